The number of nitrogens with zero attached hydrogens (tertiary/aromatic N) is 2. The van der Waals surface area contributed by atoms with Gasteiger partial charge in [-0.1, -0.05) is 12.8 Å². The summed E-state index contributed by atoms with van der Waals surface area (Å²) < 4.78 is 1.35. The van der Waals surface area contributed by atoms with Crippen LogP contribution in [0.1, 0.15) is 50.6 Å². The van der Waals surface area contributed by atoms with Gasteiger partial charge in [0.15, 0.2) is 5.78 Å². The Bertz CT molecular complexity index is 650. The fourth-order valence-electron chi connectivity index (χ4n) is 3.24. The van der Waals surface area contributed by atoms with Crippen LogP contribution in [0.2, 0.25) is 0 Å². The van der Waals surface area contributed by atoms with E-state index in [0.717, 1.165) is 38.5 Å². The highest BCUT2D eigenvalue weighted by Gasteiger charge is 2.27. The van der Waals surface area contributed by atoms with Crippen molar-refractivity contribution in [1.29, 1.82) is 0 Å². The van der Waals surface area contributed by atoms with Gasteiger partial charge < -0.3 is 15.6 Å². The maximum Gasteiger partial charge on any atom is 0.272 e. The summed E-state index contributed by atoms with van der Waals surface area (Å²) in [6, 6.07) is -0.569. The third kappa shape index (κ3) is 5.49. The second kappa shape index (κ2) is 9.46. The van der Waals surface area contributed by atoms with Gasteiger partial charge in [0.1, 0.15) is 5.69 Å². The second-order valence-electron chi connectivity index (χ2n) is 6.74. The van der Waals surface area contributed by atoms with E-state index in [0.29, 0.717) is 18.7 Å². The van der Waals surface area contributed by atoms with Crippen molar-refractivity contribution < 1.29 is 9.59 Å². The molecule has 1 saturated carbocycles. The molecule has 1 heterocycles. The minimum atomic E-state index is -0.569. The molecular formula is C18H28N4O3. The lowest BCUT2D eigenvalue weighted by molar-refractivity contribution is -0.130. The largest absolute Gasteiger partial charge is 0.346 e. The summed E-state index contributed by atoms with van der Waals surface area (Å²) in [6.45, 7) is 2.12. The van der Waals surface area contributed by atoms with E-state index in [9.17, 15) is 14.4 Å². The van der Waals surface area contributed by atoms with Gasteiger partial charge >= 0.3 is 0 Å². The van der Waals surface area contributed by atoms with Gasteiger partial charge in [-0.3, -0.25) is 19.4 Å². The molecule has 7 nitrogen and oxygen atoms in total. The molecule has 1 amide bonds. The van der Waals surface area contributed by atoms with Crippen molar-refractivity contribution in [1.82, 2.24) is 14.9 Å². The molecule has 0 bridgehead atoms. The fraction of sp³-hybridized carbons (Fsp3) is 0.667. The molecule has 0 unspecified atom stereocenters. The summed E-state index contributed by atoms with van der Waals surface area (Å²) in [7, 11) is 0. The smallest absolute Gasteiger partial charge is 0.272 e. The normalized spacial score (nSPS) is 15.9. The van der Waals surface area contributed by atoms with Crippen LogP contribution in [0.3, 0.4) is 0 Å². The first-order valence-electron chi connectivity index (χ1n) is 9.08. The van der Waals surface area contributed by atoms with Gasteiger partial charge in [-0.25, -0.2) is 0 Å². The molecular weight excluding hydrogens is 320 g/mol. The molecule has 138 valence electrons. The molecule has 1 aliphatic rings. The molecule has 0 radical (unpaired) electrons. The number of carbonyl (C=O) groups is 2. The third-order valence-electron chi connectivity index (χ3n) is 4.79. The van der Waals surface area contributed by atoms with Crippen molar-refractivity contribution in [2.45, 2.75) is 64.5 Å². The van der Waals surface area contributed by atoms with E-state index in [1.54, 1.807) is 6.92 Å². The van der Waals surface area contributed by atoms with Gasteiger partial charge in [-0.2, -0.15) is 0 Å². The SMILES string of the molecule is Cc1nccn(CC(=O)[C@H](CCCCN)NC(=O)C2CCCC2)c1=O. The van der Waals surface area contributed by atoms with Gasteiger partial charge in [0.25, 0.3) is 5.56 Å². The first kappa shape index (κ1) is 19.3. The van der Waals surface area contributed by atoms with Crippen LogP contribution in [0, 0.1) is 12.8 Å². The molecule has 1 atom stereocenters. The van der Waals surface area contributed by atoms with E-state index in [2.05, 4.69) is 10.3 Å². The summed E-state index contributed by atoms with van der Waals surface area (Å²) >= 11 is 0. The van der Waals surface area contributed by atoms with Crippen LogP contribution in [-0.2, 0) is 16.1 Å². The van der Waals surface area contributed by atoms with Crippen LogP contribution >= 0.6 is 0 Å². The second-order valence-corrected chi connectivity index (χ2v) is 6.74. The molecule has 1 aromatic rings. The van der Waals surface area contributed by atoms with Crippen LogP contribution in [0.4, 0.5) is 0 Å². The number of ketones is 1. The maximum absolute atomic E-state index is 12.7. The number of hydrogen-bond donors (Lipinski definition) is 2. The number of hydrogen-bond acceptors (Lipinski definition) is 5. The number of Topliss-reactive ketones (excluding diaryl/α,β-unsaturated/α-hetero) is 1. The maximum atomic E-state index is 12.7. The molecule has 0 aliphatic heterocycles. The van der Waals surface area contributed by atoms with E-state index in [1.807, 2.05) is 0 Å². The predicted molar refractivity (Wildman–Crippen MR) is 95.0 cm³/mol. The molecule has 2 rings (SSSR count). The Morgan fingerprint density at radius 1 is 1.36 bits per heavy atom. The Kier molecular flexibility index (Phi) is 7.31. The topological polar surface area (TPSA) is 107 Å². The van der Waals surface area contributed by atoms with Gasteiger partial charge in [0.2, 0.25) is 5.91 Å². The highest BCUT2D eigenvalue weighted by molar-refractivity contribution is 5.89. The van der Waals surface area contributed by atoms with E-state index in [1.165, 1.54) is 17.0 Å². The molecule has 7 heteroatoms. The number of nitrogens with one attached hydrogen (secondary N) is 1. The molecule has 0 saturated heterocycles. The lowest BCUT2D eigenvalue weighted by Crippen LogP contribution is -2.45. The number of aryl methyl sites for hydroxylation is 1. The Morgan fingerprint density at radius 2 is 2.08 bits per heavy atom. The number of nitrogens with two attached hydrogens (primary N) is 1. The summed E-state index contributed by atoms with van der Waals surface area (Å²) in [5, 5.41) is 2.91. The predicted octanol–water partition coefficient (Wildman–Crippen LogP) is 0.925. The highest BCUT2D eigenvalue weighted by Crippen LogP contribution is 2.25. The standard InChI is InChI=1S/C18H28N4O3/c1-13-18(25)22(11-10-20-13)12-16(23)15(8-4-5-9-19)21-17(24)14-6-2-3-7-14/h10-11,14-15H,2-9,12,19H2,1H3,(H,21,24)/t15-/m0/s1. The average molecular weight is 348 g/mol. The van der Waals surface area contributed by atoms with Crippen molar-refractivity contribution in [3.05, 3.63) is 28.4 Å². The molecule has 0 spiro atoms. The summed E-state index contributed by atoms with van der Waals surface area (Å²) in [5.74, 6) is -0.186. The van der Waals surface area contributed by atoms with Crippen molar-refractivity contribution in [3.63, 3.8) is 0 Å². The van der Waals surface area contributed by atoms with Crippen molar-refractivity contribution >= 4 is 11.7 Å². The molecule has 0 aromatic carbocycles. The lowest BCUT2D eigenvalue weighted by atomic mass is 10.0. The molecule has 25 heavy (non-hydrogen) atoms. The van der Waals surface area contributed by atoms with Crippen LogP contribution in [0.25, 0.3) is 0 Å². The van der Waals surface area contributed by atoms with Gasteiger partial charge in [-0.05, 0) is 45.6 Å². The van der Waals surface area contributed by atoms with Crippen LogP contribution in [-0.4, -0.2) is 33.8 Å². The Morgan fingerprint density at radius 3 is 2.76 bits per heavy atom. The van der Waals surface area contributed by atoms with Crippen molar-refractivity contribution in [3.8, 4) is 0 Å². The van der Waals surface area contributed by atoms with Crippen LogP contribution in [0.5, 0.6) is 0 Å². The van der Waals surface area contributed by atoms with E-state index < -0.39 is 6.04 Å². The number of amides is 1. The first-order chi connectivity index (χ1) is 12.0. The number of rotatable bonds is 9. The zero-order chi connectivity index (χ0) is 18.2. The highest BCUT2D eigenvalue weighted by atomic mass is 16.2. The summed E-state index contributed by atoms with van der Waals surface area (Å²) in [4.78, 5) is 41.1. The monoisotopic (exact) mass is 348 g/mol. The van der Waals surface area contributed by atoms with Crippen molar-refractivity contribution in [2.75, 3.05) is 6.54 Å². The van der Waals surface area contributed by atoms with Crippen LogP contribution in [0.15, 0.2) is 17.2 Å². The molecule has 1 aliphatic carbocycles. The number of carbonyl (C=O) groups excluding carboxylic acids is 2. The zero-order valence-electron chi connectivity index (χ0n) is 14.9. The van der Waals surface area contributed by atoms with Gasteiger partial charge in [0, 0.05) is 18.3 Å². The zero-order valence-corrected chi connectivity index (χ0v) is 14.9. The molecule has 1 fully saturated rings. The fourth-order valence-corrected chi connectivity index (χ4v) is 3.24. The third-order valence-corrected chi connectivity index (χ3v) is 4.79. The van der Waals surface area contributed by atoms with E-state index >= 15 is 0 Å². The minimum absolute atomic E-state index is 0.00991. The van der Waals surface area contributed by atoms with Crippen LogP contribution < -0.4 is 16.6 Å². The Labute approximate surface area is 148 Å². The Balaban J connectivity index is 2.04. The lowest BCUT2D eigenvalue weighted by Gasteiger charge is -2.20. The van der Waals surface area contributed by atoms with Gasteiger partial charge in [0.05, 0.1) is 12.6 Å². The summed E-state index contributed by atoms with van der Waals surface area (Å²) in [5.41, 5.74) is 5.60. The molecule has 1 aromatic heterocycles. The molecule has 3 N–H and O–H groups in total. The quantitative estimate of drug-likeness (QED) is 0.646. The number of unbranched alkanes of at least 4 members (excludes halogenated alkanes) is 1. The average Bonchev–Trinajstić information content (AvgIpc) is 3.13. The number of aromatic nitrogens is 2. The van der Waals surface area contributed by atoms with Gasteiger partial charge in [-0.15, -0.1) is 0 Å². The minimum Gasteiger partial charge on any atom is -0.346 e. The van der Waals surface area contributed by atoms with E-state index in [4.69, 9.17) is 5.73 Å². The Hall–Kier alpha value is -2.02. The first-order valence-corrected chi connectivity index (χ1v) is 9.08. The van der Waals surface area contributed by atoms with E-state index in [-0.39, 0.29) is 29.7 Å². The van der Waals surface area contributed by atoms with Crippen molar-refractivity contribution in [2.24, 2.45) is 11.7 Å². The summed E-state index contributed by atoms with van der Waals surface area (Å²) in [6.07, 6.45) is 9.03.